The summed E-state index contributed by atoms with van der Waals surface area (Å²) in [6.45, 7) is 9.68. The Hall–Kier alpha value is -2.44. The Kier molecular flexibility index (Phi) is 4.63. The van der Waals surface area contributed by atoms with Crippen LogP contribution in [0.2, 0.25) is 0 Å². The summed E-state index contributed by atoms with van der Waals surface area (Å²) in [5, 5.41) is 0. The normalized spacial score (nSPS) is 20.9. The number of carbonyl (C=O) groups excluding carboxylic acids is 1. The molecule has 4 rings (SSSR count). The molecule has 1 saturated carbocycles. The molecular weight excluding hydrogens is 354 g/mol. The fourth-order valence-electron chi connectivity index (χ4n) is 4.37. The van der Waals surface area contributed by atoms with Crippen molar-refractivity contribution in [2.75, 3.05) is 6.54 Å². The van der Waals surface area contributed by atoms with Crippen LogP contribution in [0.5, 0.6) is 0 Å². The molecule has 1 N–H and O–H groups in total. The summed E-state index contributed by atoms with van der Waals surface area (Å²) in [7, 11) is 0. The number of hydrogen-bond acceptors (Lipinski definition) is 4. The van der Waals surface area contributed by atoms with E-state index in [1.165, 1.54) is 12.8 Å². The van der Waals surface area contributed by atoms with E-state index in [9.17, 15) is 9.59 Å². The molecule has 1 aliphatic heterocycles. The van der Waals surface area contributed by atoms with Crippen LogP contribution in [0.1, 0.15) is 62.1 Å². The number of aromatic amines is 1. The molecule has 3 heterocycles. The van der Waals surface area contributed by atoms with Crippen molar-refractivity contribution in [1.29, 1.82) is 0 Å². The molecule has 1 aliphatic carbocycles. The standard InChI is InChI=1S/C21H29N5O2/c1-13-16(20(28)24-14(2)23-13)7-8-17(27)26-12-21(3,4)18(26)19-22-9-10-25(19)11-15-5-6-15/h9-10,15,18H,5-8,11-12H2,1-4H3,(H,23,24,28). The molecular formula is C21H29N5O2. The van der Waals surface area contributed by atoms with Crippen LogP contribution in [-0.2, 0) is 17.8 Å². The van der Waals surface area contributed by atoms with Crippen LogP contribution in [-0.4, -0.2) is 36.9 Å². The predicted octanol–water partition coefficient (Wildman–Crippen LogP) is 2.54. The fraction of sp³-hybridized carbons (Fsp3) is 0.619. The van der Waals surface area contributed by atoms with Crippen LogP contribution in [0, 0.1) is 25.2 Å². The van der Waals surface area contributed by atoms with E-state index in [2.05, 4.69) is 33.4 Å². The van der Waals surface area contributed by atoms with Gasteiger partial charge < -0.3 is 14.5 Å². The molecule has 2 fully saturated rings. The van der Waals surface area contributed by atoms with Gasteiger partial charge in [-0.15, -0.1) is 0 Å². The van der Waals surface area contributed by atoms with E-state index in [4.69, 9.17) is 0 Å². The number of hydrogen-bond donors (Lipinski definition) is 1. The maximum Gasteiger partial charge on any atom is 0.254 e. The van der Waals surface area contributed by atoms with E-state index in [1.54, 1.807) is 6.92 Å². The number of likely N-dealkylation sites (tertiary alicyclic amines) is 1. The third kappa shape index (κ3) is 3.50. The lowest BCUT2D eigenvalue weighted by atomic mass is 9.74. The first-order chi connectivity index (χ1) is 13.3. The Labute approximate surface area is 165 Å². The van der Waals surface area contributed by atoms with Crippen molar-refractivity contribution in [3.05, 3.63) is 45.7 Å². The first-order valence-electron chi connectivity index (χ1n) is 10.1. The van der Waals surface area contributed by atoms with Crippen molar-refractivity contribution >= 4 is 5.91 Å². The molecule has 2 aromatic heterocycles. The van der Waals surface area contributed by atoms with Gasteiger partial charge in [0.15, 0.2) is 0 Å². The molecule has 2 aromatic rings. The molecule has 2 aliphatic rings. The summed E-state index contributed by atoms with van der Waals surface area (Å²) in [5.41, 5.74) is 1.17. The van der Waals surface area contributed by atoms with E-state index in [1.807, 2.05) is 24.2 Å². The Morgan fingerprint density at radius 1 is 1.32 bits per heavy atom. The zero-order valence-electron chi connectivity index (χ0n) is 17.2. The molecule has 28 heavy (non-hydrogen) atoms. The van der Waals surface area contributed by atoms with E-state index in [-0.39, 0.29) is 22.9 Å². The minimum atomic E-state index is -0.140. The van der Waals surface area contributed by atoms with Crippen molar-refractivity contribution in [3.63, 3.8) is 0 Å². The second kappa shape index (κ2) is 6.87. The topological polar surface area (TPSA) is 83.9 Å². The maximum absolute atomic E-state index is 13.0. The molecule has 150 valence electrons. The van der Waals surface area contributed by atoms with Gasteiger partial charge in [0, 0.05) is 48.6 Å². The number of aromatic nitrogens is 4. The van der Waals surface area contributed by atoms with Gasteiger partial charge in [0.1, 0.15) is 11.6 Å². The van der Waals surface area contributed by atoms with Gasteiger partial charge in [-0.05, 0) is 39.0 Å². The number of nitrogens with zero attached hydrogens (tertiary/aromatic N) is 4. The number of amides is 1. The van der Waals surface area contributed by atoms with Gasteiger partial charge in [0.2, 0.25) is 5.91 Å². The maximum atomic E-state index is 13.0. The Balaban J connectivity index is 1.48. The van der Waals surface area contributed by atoms with Crippen LogP contribution in [0.4, 0.5) is 0 Å². The number of aryl methyl sites for hydroxylation is 2. The van der Waals surface area contributed by atoms with Crippen LogP contribution in [0.3, 0.4) is 0 Å². The second-order valence-corrected chi connectivity index (χ2v) is 9.01. The zero-order valence-corrected chi connectivity index (χ0v) is 17.2. The lowest BCUT2D eigenvalue weighted by Crippen LogP contribution is -2.58. The highest BCUT2D eigenvalue weighted by molar-refractivity contribution is 5.78. The average molecular weight is 383 g/mol. The highest BCUT2D eigenvalue weighted by Crippen LogP contribution is 2.48. The van der Waals surface area contributed by atoms with Crippen molar-refractivity contribution in [2.24, 2.45) is 11.3 Å². The molecule has 1 unspecified atom stereocenters. The second-order valence-electron chi connectivity index (χ2n) is 9.01. The average Bonchev–Trinajstić information content (AvgIpc) is 3.31. The molecule has 0 bridgehead atoms. The smallest absolute Gasteiger partial charge is 0.254 e. The molecule has 1 saturated heterocycles. The van der Waals surface area contributed by atoms with Gasteiger partial charge in [-0.3, -0.25) is 9.59 Å². The van der Waals surface area contributed by atoms with E-state index in [0.29, 0.717) is 36.5 Å². The quantitative estimate of drug-likeness (QED) is 0.831. The summed E-state index contributed by atoms with van der Waals surface area (Å²) < 4.78 is 2.22. The van der Waals surface area contributed by atoms with E-state index < -0.39 is 0 Å². The first kappa shape index (κ1) is 18.9. The predicted molar refractivity (Wildman–Crippen MR) is 106 cm³/mol. The third-order valence-electron chi connectivity index (χ3n) is 6.02. The van der Waals surface area contributed by atoms with E-state index in [0.717, 1.165) is 18.3 Å². The zero-order chi connectivity index (χ0) is 20.1. The molecule has 0 spiro atoms. The number of imidazole rings is 1. The molecule has 1 atom stereocenters. The number of carbonyl (C=O) groups is 1. The van der Waals surface area contributed by atoms with Gasteiger partial charge in [0.05, 0.1) is 6.04 Å². The fourth-order valence-corrected chi connectivity index (χ4v) is 4.37. The monoisotopic (exact) mass is 383 g/mol. The SMILES string of the molecule is Cc1nc(C)c(CCC(=O)N2CC(C)(C)C2c2nccn2CC2CC2)c(=O)[nH]1. The largest absolute Gasteiger partial charge is 0.333 e. The highest BCUT2D eigenvalue weighted by atomic mass is 16.2. The van der Waals surface area contributed by atoms with Crippen molar-refractivity contribution in [3.8, 4) is 0 Å². The third-order valence-corrected chi connectivity index (χ3v) is 6.02. The molecule has 0 radical (unpaired) electrons. The van der Waals surface area contributed by atoms with Gasteiger partial charge >= 0.3 is 0 Å². The Morgan fingerprint density at radius 2 is 2.07 bits per heavy atom. The Morgan fingerprint density at radius 3 is 2.71 bits per heavy atom. The van der Waals surface area contributed by atoms with Gasteiger partial charge in [-0.25, -0.2) is 9.97 Å². The minimum absolute atomic E-state index is 0.00111. The van der Waals surface area contributed by atoms with Crippen molar-refractivity contribution in [2.45, 2.75) is 66.0 Å². The molecule has 0 aromatic carbocycles. The molecule has 7 nitrogen and oxygen atoms in total. The molecule has 7 heteroatoms. The van der Waals surface area contributed by atoms with Gasteiger partial charge in [0.25, 0.3) is 5.56 Å². The summed E-state index contributed by atoms with van der Waals surface area (Å²) >= 11 is 0. The lowest BCUT2D eigenvalue weighted by molar-refractivity contribution is -0.153. The van der Waals surface area contributed by atoms with E-state index >= 15 is 0 Å². The van der Waals surface area contributed by atoms with Gasteiger partial charge in [-0.1, -0.05) is 13.8 Å². The van der Waals surface area contributed by atoms with Crippen LogP contribution < -0.4 is 5.56 Å². The van der Waals surface area contributed by atoms with Gasteiger partial charge in [-0.2, -0.15) is 0 Å². The summed E-state index contributed by atoms with van der Waals surface area (Å²) in [6.07, 6.45) is 7.17. The Bertz CT molecular complexity index is 954. The lowest BCUT2D eigenvalue weighted by Gasteiger charge is -2.53. The van der Waals surface area contributed by atoms with Crippen LogP contribution in [0.15, 0.2) is 17.2 Å². The highest BCUT2D eigenvalue weighted by Gasteiger charge is 2.50. The van der Waals surface area contributed by atoms with Crippen molar-refractivity contribution in [1.82, 2.24) is 24.4 Å². The summed E-state index contributed by atoms with van der Waals surface area (Å²) in [6, 6.07) is -0.00993. The number of H-pyrrole nitrogens is 1. The minimum Gasteiger partial charge on any atom is -0.333 e. The summed E-state index contributed by atoms with van der Waals surface area (Å²) in [4.78, 5) is 38.8. The molecule has 1 amide bonds. The first-order valence-corrected chi connectivity index (χ1v) is 10.1. The van der Waals surface area contributed by atoms with Crippen LogP contribution >= 0.6 is 0 Å². The number of rotatable bonds is 6. The number of nitrogens with one attached hydrogen (secondary N) is 1. The van der Waals surface area contributed by atoms with Crippen molar-refractivity contribution < 1.29 is 4.79 Å². The van der Waals surface area contributed by atoms with Crippen LogP contribution in [0.25, 0.3) is 0 Å². The summed E-state index contributed by atoms with van der Waals surface area (Å²) in [5.74, 6) is 2.42.